The number of nitrogens with zero attached hydrogens (tertiary/aromatic N) is 2. The number of hydrogen-bond acceptors (Lipinski definition) is 4. The van der Waals surface area contributed by atoms with E-state index in [9.17, 15) is 22.8 Å². The van der Waals surface area contributed by atoms with Gasteiger partial charge in [0, 0.05) is 31.6 Å². The molecule has 0 spiro atoms. The molecule has 0 radical (unpaired) electrons. The van der Waals surface area contributed by atoms with Gasteiger partial charge >= 0.3 is 12.2 Å². The molecule has 1 atom stereocenters. The Bertz CT molecular complexity index is 670. The molecule has 3 amide bonds. The fraction of sp³-hybridized carbons (Fsp3) is 0.471. The first kappa shape index (κ1) is 20.5. The van der Waals surface area contributed by atoms with E-state index in [-0.39, 0.29) is 6.03 Å². The molecule has 1 aromatic carbocycles. The van der Waals surface area contributed by atoms with Crippen LogP contribution in [0.1, 0.15) is 19.8 Å². The van der Waals surface area contributed by atoms with Crippen molar-refractivity contribution in [2.45, 2.75) is 32.0 Å². The summed E-state index contributed by atoms with van der Waals surface area (Å²) < 4.78 is 36.2. The Morgan fingerprint density at radius 3 is 2.44 bits per heavy atom. The van der Waals surface area contributed by atoms with E-state index in [4.69, 9.17) is 4.84 Å². The summed E-state index contributed by atoms with van der Waals surface area (Å²) in [5.74, 6) is -0.892. The van der Waals surface area contributed by atoms with Crippen molar-refractivity contribution < 1.29 is 27.6 Å². The van der Waals surface area contributed by atoms with Crippen LogP contribution in [0.5, 0.6) is 0 Å². The number of likely N-dealkylation sites (tertiary alicyclic amines) is 1. The van der Waals surface area contributed by atoms with Gasteiger partial charge in [0.1, 0.15) is 6.54 Å². The van der Waals surface area contributed by atoms with E-state index in [1.807, 2.05) is 18.2 Å². The van der Waals surface area contributed by atoms with Crippen LogP contribution >= 0.6 is 0 Å². The minimum Gasteiger partial charge on any atom is -0.383 e. The zero-order valence-electron chi connectivity index (χ0n) is 14.8. The quantitative estimate of drug-likeness (QED) is 0.764. The first-order chi connectivity index (χ1) is 12.7. The van der Waals surface area contributed by atoms with Gasteiger partial charge in [-0.15, -0.1) is 0 Å². The number of anilines is 1. The second-order valence-electron chi connectivity index (χ2n) is 6.02. The predicted octanol–water partition coefficient (Wildman–Crippen LogP) is 2.75. The first-order valence-electron chi connectivity index (χ1n) is 8.41. The fourth-order valence-corrected chi connectivity index (χ4v) is 2.32. The lowest BCUT2D eigenvalue weighted by molar-refractivity contribution is -0.145. The monoisotopic (exact) mass is 386 g/mol. The molecule has 27 heavy (non-hydrogen) atoms. The highest BCUT2D eigenvalue weighted by atomic mass is 19.4. The van der Waals surface area contributed by atoms with Crippen molar-refractivity contribution in [3.05, 3.63) is 30.3 Å². The number of carbonyl (C=O) groups is 2. The molecule has 1 aromatic rings. The number of oxime groups is 1. The lowest BCUT2D eigenvalue weighted by Crippen LogP contribution is -2.41. The van der Waals surface area contributed by atoms with Crippen molar-refractivity contribution in [2.75, 3.05) is 25.0 Å². The molecule has 0 aromatic heterocycles. The Balaban J connectivity index is 1.74. The van der Waals surface area contributed by atoms with E-state index in [2.05, 4.69) is 10.5 Å². The maximum Gasteiger partial charge on any atom is 0.405 e. The molecule has 2 rings (SSSR count). The molecule has 0 aliphatic carbocycles. The lowest BCUT2D eigenvalue weighted by Gasteiger charge is -2.27. The molecular formula is C17H21F3N4O3. The van der Waals surface area contributed by atoms with Crippen molar-refractivity contribution in [3.63, 3.8) is 0 Å². The van der Waals surface area contributed by atoms with Gasteiger partial charge < -0.3 is 20.4 Å². The number of rotatable bonds is 5. The summed E-state index contributed by atoms with van der Waals surface area (Å²) >= 11 is 0. The largest absolute Gasteiger partial charge is 0.405 e. The average molecular weight is 386 g/mol. The summed E-state index contributed by atoms with van der Waals surface area (Å²) in [5.41, 5.74) is 1.35. The Labute approximate surface area is 154 Å². The molecule has 148 valence electrons. The topological polar surface area (TPSA) is 83.0 Å². The van der Waals surface area contributed by atoms with E-state index < -0.39 is 24.7 Å². The van der Waals surface area contributed by atoms with Crippen LogP contribution in [-0.2, 0) is 9.63 Å². The third-order valence-corrected chi connectivity index (χ3v) is 3.83. The zero-order valence-corrected chi connectivity index (χ0v) is 14.8. The number of amides is 3. The maximum atomic E-state index is 12.2. The molecule has 1 aliphatic heterocycles. The highest BCUT2D eigenvalue weighted by Crippen LogP contribution is 2.13. The number of para-hydroxylation sites is 1. The molecule has 0 unspecified atom stereocenters. The Hall–Kier alpha value is -2.78. The smallest absolute Gasteiger partial charge is 0.383 e. The summed E-state index contributed by atoms with van der Waals surface area (Å²) in [6, 6.07) is 8.84. The van der Waals surface area contributed by atoms with Crippen LogP contribution in [0.4, 0.5) is 23.7 Å². The standard InChI is InChI=1S/C17H21F3N4O3/c1-12(15(25)21-11-17(18,19)20)27-23-14-7-9-24(10-8-14)16(26)22-13-5-3-2-4-6-13/h2-6,12H,7-11H2,1H3,(H,21,25)(H,22,26)/t12-/m0/s1. The molecule has 1 fully saturated rings. The summed E-state index contributed by atoms with van der Waals surface area (Å²) in [5, 5.41) is 8.37. The van der Waals surface area contributed by atoms with E-state index in [1.54, 1.807) is 22.3 Å². The molecular weight excluding hydrogens is 365 g/mol. The number of urea groups is 1. The lowest BCUT2D eigenvalue weighted by atomic mass is 10.1. The van der Waals surface area contributed by atoms with Crippen LogP contribution < -0.4 is 10.6 Å². The molecule has 1 saturated heterocycles. The van der Waals surface area contributed by atoms with Crippen molar-refractivity contribution in [1.29, 1.82) is 0 Å². The van der Waals surface area contributed by atoms with Gasteiger partial charge in [-0.25, -0.2) is 4.79 Å². The Morgan fingerprint density at radius 1 is 1.22 bits per heavy atom. The highest BCUT2D eigenvalue weighted by Gasteiger charge is 2.29. The number of hydrogen-bond donors (Lipinski definition) is 2. The van der Waals surface area contributed by atoms with Crippen molar-refractivity contribution in [1.82, 2.24) is 10.2 Å². The average Bonchev–Trinajstić information content (AvgIpc) is 2.64. The highest BCUT2D eigenvalue weighted by molar-refractivity contribution is 5.92. The van der Waals surface area contributed by atoms with E-state index >= 15 is 0 Å². The Morgan fingerprint density at radius 2 is 1.85 bits per heavy atom. The fourth-order valence-electron chi connectivity index (χ4n) is 2.32. The number of carbonyl (C=O) groups excluding carboxylic acids is 2. The van der Waals surface area contributed by atoms with Gasteiger partial charge in [-0.05, 0) is 19.1 Å². The van der Waals surface area contributed by atoms with Crippen molar-refractivity contribution in [2.24, 2.45) is 5.16 Å². The second kappa shape index (κ2) is 9.24. The van der Waals surface area contributed by atoms with Gasteiger partial charge in [0.2, 0.25) is 6.10 Å². The number of piperidine rings is 1. The molecule has 0 saturated carbocycles. The molecule has 2 N–H and O–H groups in total. The van der Waals surface area contributed by atoms with Crippen LogP contribution in [0, 0.1) is 0 Å². The van der Waals surface area contributed by atoms with Gasteiger partial charge in [-0.1, -0.05) is 23.4 Å². The minimum absolute atomic E-state index is 0.221. The van der Waals surface area contributed by atoms with Crippen molar-refractivity contribution >= 4 is 23.3 Å². The predicted molar refractivity (Wildman–Crippen MR) is 93.3 cm³/mol. The van der Waals surface area contributed by atoms with Crippen LogP contribution in [0.3, 0.4) is 0 Å². The second-order valence-corrected chi connectivity index (χ2v) is 6.02. The zero-order chi connectivity index (χ0) is 19.9. The SMILES string of the molecule is C[C@H](ON=C1CCN(C(=O)Nc2ccccc2)CC1)C(=O)NCC(F)(F)F. The minimum atomic E-state index is -4.48. The number of nitrogens with one attached hydrogen (secondary N) is 2. The summed E-state index contributed by atoms with van der Waals surface area (Å²) in [6.07, 6.45) is -4.70. The van der Waals surface area contributed by atoms with Gasteiger partial charge in [-0.2, -0.15) is 13.2 Å². The molecule has 7 nitrogen and oxygen atoms in total. The van der Waals surface area contributed by atoms with Gasteiger partial charge in [0.25, 0.3) is 5.91 Å². The number of alkyl halides is 3. The molecule has 10 heteroatoms. The van der Waals surface area contributed by atoms with Crippen LogP contribution in [0.25, 0.3) is 0 Å². The number of benzene rings is 1. The third kappa shape index (κ3) is 7.16. The van der Waals surface area contributed by atoms with E-state index in [1.165, 1.54) is 6.92 Å². The third-order valence-electron chi connectivity index (χ3n) is 3.83. The molecule has 1 heterocycles. The van der Waals surface area contributed by atoms with E-state index in [0.29, 0.717) is 37.3 Å². The Kier molecular flexibility index (Phi) is 7.03. The van der Waals surface area contributed by atoms with Gasteiger partial charge in [-0.3, -0.25) is 4.79 Å². The van der Waals surface area contributed by atoms with Gasteiger partial charge in [0.15, 0.2) is 0 Å². The molecule has 1 aliphatic rings. The van der Waals surface area contributed by atoms with Crippen LogP contribution in [0.15, 0.2) is 35.5 Å². The summed E-state index contributed by atoms with van der Waals surface area (Å²) in [7, 11) is 0. The van der Waals surface area contributed by atoms with Crippen molar-refractivity contribution in [3.8, 4) is 0 Å². The number of halogens is 3. The van der Waals surface area contributed by atoms with Crippen LogP contribution in [-0.4, -0.2) is 54.5 Å². The maximum absolute atomic E-state index is 12.2. The molecule has 0 bridgehead atoms. The van der Waals surface area contributed by atoms with E-state index in [0.717, 1.165) is 0 Å². The summed E-state index contributed by atoms with van der Waals surface area (Å²) in [6.45, 7) is 0.755. The normalized spacial score (nSPS) is 15.7. The van der Waals surface area contributed by atoms with Gasteiger partial charge in [0.05, 0.1) is 5.71 Å². The van der Waals surface area contributed by atoms with Crippen LogP contribution in [0.2, 0.25) is 0 Å². The summed E-state index contributed by atoms with van der Waals surface area (Å²) in [4.78, 5) is 30.3. The first-order valence-corrected chi connectivity index (χ1v) is 8.41.